The van der Waals surface area contributed by atoms with Crippen LogP contribution in [-0.2, 0) is 5.41 Å². The van der Waals surface area contributed by atoms with Crippen LogP contribution in [0.15, 0.2) is 85.0 Å². The van der Waals surface area contributed by atoms with Crippen molar-refractivity contribution in [3.05, 3.63) is 96.1 Å². The molecule has 0 radical (unpaired) electrons. The lowest BCUT2D eigenvalue weighted by atomic mass is 9.67. The number of benzene rings is 2. The second-order valence-corrected chi connectivity index (χ2v) is 5.54. The quantitative estimate of drug-likeness (QED) is 0.438. The maximum atomic E-state index is 4.34. The molecule has 2 aromatic carbocycles. The lowest BCUT2D eigenvalue weighted by molar-refractivity contribution is 0.746. The number of hydrogen-bond donors (Lipinski definition) is 0. The number of hydrogen-bond acceptors (Lipinski definition) is 0. The molecule has 1 aliphatic rings. The first-order valence-electron chi connectivity index (χ1n) is 8.32. The van der Waals surface area contributed by atoms with E-state index in [-0.39, 0.29) is 5.41 Å². The number of fused-ring (bicyclic) bond motifs is 3. The van der Waals surface area contributed by atoms with Gasteiger partial charge in [0, 0.05) is 0 Å². The van der Waals surface area contributed by atoms with Crippen molar-refractivity contribution in [1.82, 2.24) is 0 Å². The van der Waals surface area contributed by atoms with Gasteiger partial charge in [0.25, 0.3) is 0 Å². The minimum Gasteiger partial charge on any atom is -0.0988 e. The van der Waals surface area contributed by atoms with Gasteiger partial charge in [-0.25, -0.2) is 0 Å². The molecule has 0 aromatic heterocycles. The van der Waals surface area contributed by atoms with Gasteiger partial charge in [-0.2, -0.15) is 0 Å². The van der Waals surface area contributed by atoms with Gasteiger partial charge >= 0.3 is 0 Å². The van der Waals surface area contributed by atoms with E-state index in [4.69, 9.17) is 0 Å². The standard InChI is InChI=1S/C21H20.C2H6/c1-5-15(3)21(16(4)6-2)19-13-9-7-11-17(19)18-12-8-10-14-20(18)21;1-2/h5-14H,1,3H2,2,4H3;1-2H3/b16-6+;. The zero-order valence-corrected chi connectivity index (χ0v) is 14.7. The molecule has 2 aromatic rings. The van der Waals surface area contributed by atoms with Crippen LogP contribution in [0.3, 0.4) is 0 Å². The molecule has 0 fully saturated rings. The molecule has 0 N–H and O–H groups in total. The minimum absolute atomic E-state index is 0.274. The molecule has 23 heavy (non-hydrogen) atoms. The summed E-state index contributed by atoms with van der Waals surface area (Å²) in [5.41, 5.74) is 7.29. The first kappa shape index (κ1) is 17.0. The van der Waals surface area contributed by atoms with Gasteiger partial charge in [-0.05, 0) is 41.7 Å². The van der Waals surface area contributed by atoms with E-state index >= 15 is 0 Å². The summed E-state index contributed by atoms with van der Waals surface area (Å²) in [4.78, 5) is 0. The Hall–Kier alpha value is -2.34. The fraction of sp³-hybridized carbons (Fsp3) is 0.217. The third-order valence-electron chi connectivity index (χ3n) is 4.70. The van der Waals surface area contributed by atoms with Gasteiger partial charge < -0.3 is 0 Å². The van der Waals surface area contributed by atoms with Crippen molar-refractivity contribution < 1.29 is 0 Å². The van der Waals surface area contributed by atoms with Gasteiger partial charge in [-0.1, -0.05) is 93.3 Å². The van der Waals surface area contributed by atoms with Crippen molar-refractivity contribution in [2.45, 2.75) is 33.1 Å². The predicted octanol–water partition coefficient (Wildman–Crippen LogP) is 6.69. The van der Waals surface area contributed by atoms with Gasteiger partial charge in [0.05, 0.1) is 5.41 Å². The Labute approximate surface area is 140 Å². The zero-order chi connectivity index (χ0) is 17.0. The molecule has 0 bridgehead atoms. The second kappa shape index (κ2) is 6.83. The molecule has 0 nitrogen and oxygen atoms in total. The van der Waals surface area contributed by atoms with Crippen LogP contribution < -0.4 is 0 Å². The summed E-state index contributed by atoms with van der Waals surface area (Å²) in [5.74, 6) is 0. The lowest BCUT2D eigenvalue weighted by Gasteiger charge is -2.34. The molecule has 0 spiro atoms. The maximum Gasteiger partial charge on any atom is 0.0664 e. The second-order valence-electron chi connectivity index (χ2n) is 5.54. The van der Waals surface area contributed by atoms with E-state index in [9.17, 15) is 0 Å². The van der Waals surface area contributed by atoms with Crippen molar-refractivity contribution >= 4 is 0 Å². The summed E-state index contributed by atoms with van der Waals surface area (Å²) in [7, 11) is 0. The Bertz CT molecular complexity index is 710. The van der Waals surface area contributed by atoms with E-state index in [0.717, 1.165) is 5.57 Å². The minimum atomic E-state index is -0.274. The van der Waals surface area contributed by atoms with Gasteiger partial charge in [0.1, 0.15) is 0 Å². The molecule has 0 saturated carbocycles. The molecule has 0 amide bonds. The van der Waals surface area contributed by atoms with Crippen molar-refractivity contribution in [3.63, 3.8) is 0 Å². The molecule has 118 valence electrons. The van der Waals surface area contributed by atoms with Crippen LogP contribution in [0.2, 0.25) is 0 Å². The summed E-state index contributed by atoms with van der Waals surface area (Å²) in [6, 6.07) is 17.3. The van der Waals surface area contributed by atoms with Gasteiger partial charge in [-0.15, -0.1) is 0 Å². The van der Waals surface area contributed by atoms with Gasteiger partial charge in [0.15, 0.2) is 0 Å². The van der Waals surface area contributed by atoms with Crippen molar-refractivity contribution in [1.29, 1.82) is 0 Å². The molecule has 1 aliphatic carbocycles. The zero-order valence-electron chi connectivity index (χ0n) is 14.7. The molecule has 0 unspecified atom stereocenters. The Balaban J connectivity index is 0.000000924. The van der Waals surface area contributed by atoms with E-state index in [1.165, 1.54) is 27.8 Å². The van der Waals surface area contributed by atoms with Crippen molar-refractivity contribution in [2.75, 3.05) is 0 Å². The number of allylic oxidation sites excluding steroid dienone is 4. The van der Waals surface area contributed by atoms with E-state index in [1.807, 2.05) is 19.9 Å². The largest absolute Gasteiger partial charge is 0.0988 e. The van der Waals surface area contributed by atoms with E-state index in [0.29, 0.717) is 0 Å². The highest BCUT2D eigenvalue weighted by molar-refractivity contribution is 5.86. The van der Waals surface area contributed by atoms with Crippen LogP contribution in [0, 0.1) is 0 Å². The molecule has 0 heterocycles. The fourth-order valence-electron chi connectivity index (χ4n) is 3.63. The maximum absolute atomic E-state index is 4.34. The SMILES string of the molecule is C=CC(=C)C1(/C(C)=C/C)c2ccccc2-c2ccccc21.CC. The average molecular weight is 302 g/mol. The molecular formula is C23H26. The highest BCUT2D eigenvalue weighted by atomic mass is 14.5. The molecule has 0 atom stereocenters. The lowest BCUT2D eigenvalue weighted by Crippen LogP contribution is -2.28. The van der Waals surface area contributed by atoms with Crippen LogP contribution in [0.5, 0.6) is 0 Å². The molecular weight excluding hydrogens is 276 g/mol. The Morgan fingerprint density at radius 1 is 0.913 bits per heavy atom. The first-order chi connectivity index (χ1) is 11.2. The Morgan fingerprint density at radius 3 is 1.74 bits per heavy atom. The molecule has 0 heteroatoms. The van der Waals surface area contributed by atoms with Crippen molar-refractivity contribution in [3.8, 4) is 11.1 Å². The van der Waals surface area contributed by atoms with E-state index in [1.54, 1.807) is 0 Å². The van der Waals surface area contributed by atoms with Crippen LogP contribution in [0.4, 0.5) is 0 Å². The van der Waals surface area contributed by atoms with E-state index in [2.05, 4.69) is 81.6 Å². The van der Waals surface area contributed by atoms with Crippen LogP contribution >= 0.6 is 0 Å². The molecule has 0 saturated heterocycles. The number of rotatable bonds is 3. The van der Waals surface area contributed by atoms with Crippen LogP contribution in [0.25, 0.3) is 11.1 Å². The summed E-state index contributed by atoms with van der Waals surface area (Å²) >= 11 is 0. The summed E-state index contributed by atoms with van der Waals surface area (Å²) in [6.45, 7) is 16.6. The Morgan fingerprint density at radius 2 is 1.35 bits per heavy atom. The molecule has 0 aliphatic heterocycles. The summed E-state index contributed by atoms with van der Waals surface area (Å²) in [5, 5.41) is 0. The topological polar surface area (TPSA) is 0 Å². The van der Waals surface area contributed by atoms with Gasteiger partial charge in [0.2, 0.25) is 0 Å². The predicted molar refractivity (Wildman–Crippen MR) is 103 cm³/mol. The monoisotopic (exact) mass is 302 g/mol. The summed E-state index contributed by atoms with van der Waals surface area (Å²) < 4.78 is 0. The fourth-order valence-corrected chi connectivity index (χ4v) is 3.63. The highest BCUT2D eigenvalue weighted by Crippen LogP contribution is 2.55. The third kappa shape index (κ3) is 2.30. The third-order valence-corrected chi connectivity index (χ3v) is 4.70. The average Bonchev–Trinajstić information content (AvgIpc) is 2.94. The smallest absolute Gasteiger partial charge is 0.0664 e. The Kier molecular flexibility index (Phi) is 5.05. The highest BCUT2D eigenvalue weighted by Gasteiger charge is 2.45. The van der Waals surface area contributed by atoms with Crippen LogP contribution in [-0.4, -0.2) is 0 Å². The molecule has 3 rings (SSSR count). The van der Waals surface area contributed by atoms with E-state index < -0.39 is 0 Å². The summed E-state index contributed by atoms with van der Waals surface area (Å²) in [6.07, 6.45) is 4.08. The normalized spacial score (nSPS) is 14.2. The first-order valence-corrected chi connectivity index (χ1v) is 8.32. The van der Waals surface area contributed by atoms with Gasteiger partial charge in [-0.3, -0.25) is 0 Å². The van der Waals surface area contributed by atoms with Crippen molar-refractivity contribution in [2.24, 2.45) is 0 Å². The van der Waals surface area contributed by atoms with Crippen LogP contribution in [0.1, 0.15) is 38.8 Å².